The Hall–Kier alpha value is -1.95. The van der Waals surface area contributed by atoms with Gasteiger partial charge in [0.2, 0.25) is 0 Å². The number of ether oxygens (including phenoxy) is 2. The third-order valence-electron chi connectivity index (χ3n) is 4.50. The second-order valence-corrected chi connectivity index (χ2v) is 7.23. The number of morpholine rings is 1. The van der Waals surface area contributed by atoms with E-state index in [1.54, 1.807) is 13.2 Å². The van der Waals surface area contributed by atoms with Gasteiger partial charge in [0.05, 0.1) is 20.3 Å². The van der Waals surface area contributed by atoms with Crippen molar-refractivity contribution < 1.29 is 19.2 Å². The molecule has 0 spiro atoms. The second kappa shape index (κ2) is 9.12. The van der Waals surface area contributed by atoms with E-state index in [9.17, 15) is 4.79 Å². The lowest BCUT2D eigenvalue weighted by atomic mass is 10.0. The maximum atomic E-state index is 12.6. The summed E-state index contributed by atoms with van der Waals surface area (Å²) in [5.41, 5.74) is 2.74. The van der Waals surface area contributed by atoms with Gasteiger partial charge in [-0.3, -0.25) is 4.79 Å². The average molecular weight is 417 g/mol. The van der Waals surface area contributed by atoms with Gasteiger partial charge in [-0.2, -0.15) is 0 Å². The number of halogens is 1. The van der Waals surface area contributed by atoms with Crippen LogP contribution in [0.25, 0.3) is 6.08 Å². The number of rotatable bonds is 6. The van der Waals surface area contributed by atoms with Gasteiger partial charge >= 0.3 is 0 Å². The Morgan fingerprint density at radius 3 is 2.62 bits per heavy atom. The Balaban J connectivity index is 1.75. The summed E-state index contributed by atoms with van der Waals surface area (Å²) in [6.07, 6.45) is 3.46. The highest BCUT2D eigenvalue weighted by Gasteiger charge is 2.17. The van der Waals surface area contributed by atoms with Crippen LogP contribution >= 0.6 is 15.9 Å². The van der Waals surface area contributed by atoms with Crippen molar-refractivity contribution in [3.05, 3.63) is 69.7 Å². The third kappa shape index (κ3) is 5.04. The Bertz CT molecular complexity index is 780. The predicted molar refractivity (Wildman–Crippen MR) is 106 cm³/mol. The number of carbonyl (C=O) groups excluding carboxylic acids is 1. The van der Waals surface area contributed by atoms with E-state index >= 15 is 0 Å². The van der Waals surface area contributed by atoms with Crippen molar-refractivity contribution in [3.63, 3.8) is 0 Å². The number of hydrogen-bond acceptors (Lipinski definition) is 3. The minimum absolute atomic E-state index is 0.00574. The zero-order valence-corrected chi connectivity index (χ0v) is 16.4. The van der Waals surface area contributed by atoms with Crippen molar-refractivity contribution in [3.8, 4) is 5.75 Å². The monoisotopic (exact) mass is 416 g/mol. The van der Waals surface area contributed by atoms with Crippen molar-refractivity contribution in [2.75, 3.05) is 33.4 Å². The molecule has 0 unspecified atom stereocenters. The molecule has 136 valence electrons. The quantitative estimate of drug-likeness (QED) is 0.581. The summed E-state index contributed by atoms with van der Waals surface area (Å²) in [6, 6.07) is 13.5. The standard InChI is InChI=1S/C21H22BrNO3/c1-25-21-9-5-17(14-18(21)15-23-10-12-26-13-11-23)20(24)8-4-16-2-6-19(22)7-3-16/h2-9,14H,10-13,15H2,1H3/p+1/b8-4+. The van der Waals surface area contributed by atoms with Crippen LogP contribution in [0.1, 0.15) is 21.5 Å². The first kappa shape index (κ1) is 18.8. The van der Waals surface area contributed by atoms with Gasteiger partial charge in [0.25, 0.3) is 0 Å². The Morgan fingerprint density at radius 2 is 1.92 bits per heavy atom. The van der Waals surface area contributed by atoms with Crippen molar-refractivity contribution in [1.82, 2.24) is 0 Å². The number of hydrogen-bond donors (Lipinski definition) is 1. The molecule has 5 heteroatoms. The van der Waals surface area contributed by atoms with E-state index in [-0.39, 0.29) is 5.78 Å². The van der Waals surface area contributed by atoms with Crippen LogP contribution in [0.5, 0.6) is 5.75 Å². The molecular formula is C21H23BrNO3+. The molecule has 1 saturated heterocycles. The molecule has 26 heavy (non-hydrogen) atoms. The Kier molecular flexibility index (Phi) is 6.61. The van der Waals surface area contributed by atoms with Gasteiger partial charge in [-0.1, -0.05) is 34.1 Å². The first-order valence-electron chi connectivity index (χ1n) is 8.72. The van der Waals surface area contributed by atoms with Crippen LogP contribution in [0.3, 0.4) is 0 Å². The molecule has 1 aliphatic rings. The van der Waals surface area contributed by atoms with Gasteiger partial charge in [0.1, 0.15) is 25.4 Å². The van der Waals surface area contributed by atoms with E-state index in [4.69, 9.17) is 9.47 Å². The molecule has 3 rings (SSSR count). The fourth-order valence-corrected chi connectivity index (χ4v) is 3.28. The van der Waals surface area contributed by atoms with E-state index in [1.165, 1.54) is 4.90 Å². The molecule has 0 aliphatic carbocycles. The fourth-order valence-electron chi connectivity index (χ4n) is 3.02. The topological polar surface area (TPSA) is 40.0 Å². The van der Waals surface area contributed by atoms with Gasteiger partial charge in [-0.25, -0.2) is 0 Å². The number of nitrogens with one attached hydrogen (secondary N) is 1. The molecule has 2 aromatic carbocycles. The summed E-state index contributed by atoms with van der Waals surface area (Å²) in [6.45, 7) is 4.36. The summed E-state index contributed by atoms with van der Waals surface area (Å²) < 4.78 is 11.9. The fraction of sp³-hybridized carbons (Fsp3) is 0.286. The summed E-state index contributed by atoms with van der Waals surface area (Å²) in [7, 11) is 1.67. The highest BCUT2D eigenvalue weighted by atomic mass is 79.9. The molecule has 0 bridgehead atoms. The van der Waals surface area contributed by atoms with Crippen LogP contribution in [0, 0.1) is 0 Å². The van der Waals surface area contributed by atoms with Gasteiger partial charge < -0.3 is 14.4 Å². The van der Waals surface area contributed by atoms with Gasteiger partial charge in [-0.05, 0) is 42.0 Å². The lowest BCUT2D eigenvalue weighted by Gasteiger charge is -2.24. The zero-order valence-electron chi connectivity index (χ0n) is 14.8. The van der Waals surface area contributed by atoms with Gasteiger partial charge in [-0.15, -0.1) is 0 Å². The van der Waals surface area contributed by atoms with Crippen LogP contribution < -0.4 is 9.64 Å². The SMILES string of the molecule is COc1ccc(C(=O)/C=C/c2ccc(Br)cc2)cc1C[NH+]1CCOCC1. The largest absolute Gasteiger partial charge is 0.496 e. The minimum Gasteiger partial charge on any atom is -0.496 e. The van der Waals surface area contributed by atoms with Crippen LogP contribution in [-0.2, 0) is 11.3 Å². The molecule has 1 heterocycles. The average Bonchev–Trinajstić information content (AvgIpc) is 2.68. The van der Waals surface area contributed by atoms with Crippen molar-refractivity contribution >= 4 is 27.8 Å². The highest BCUT2D eigenvalue weighted by molar-refractivity contribution is 9.10. The zero-order chi connectivity index (χ0) is 18.4. The van der Waals surface area contributed by atoms with Crippen molar-refractivity contribution in [2.24, 2.45) is 0 Å². The summed E-state index contributed by atoms with van der Waals surface area (Å²) >= 11 is 3.41. The first-order chi connectivity index (χ1) is 12.7. The summed E-state index contributed by atoms with van der Waals surface area (Å²) in [5.74, 6) is 0.825. The van der Waals surface area contributed by atoms with E-state index in [0.717, 1.165) is 54.2 Å². The maximum Gasteiger partial charge on any atom is 0.185 e. The molecule has 0 saturated carbocycles. The number of benzene rings is 2. The molecule has 1 fully saturated rings. The Morgan fingerprint density at radius 1 is 1.19 bits per heavy atom. The number of ketones is 1. The van der Waals surface area contributed by atoms with E-state index in [1.807, 2.05) is 48.5 Å². The number of quaternary nitrogens is 1. The molecule has 2 aromatic rings. The number of carbonyl (C=O) groups is 1. The molecule has 0 aromatic heterocycles. The number of allylic oxidation sites excluding steroid dienone is 1. The first-order valence-corrected chi connectivity index (χ1v) is 9.51. The summed E-state index contributed by atoms with van der Waals surface area (Å²) in [4.78, 5) is 14.0. The lowest BCUT2D eigenvalue weighted by Crippen LogP contribution is -3.12. The van der Waals surface area contributed by atoms with Crippen molar-refractivity contribution in [1.29, 1.82) is 0 Å². The third-order valence-corrected chi connectivity index (χ3v) is 5.03. The van der Waals surface area contributed by atoms with Crippen LogP contribution in [0.4, 0.5) is 0 Å². The maximum absolute atomic E-state index is 12.6. The molecule has 0 radical (unpaired) electrons. The second-order valence-electron chi connectivity index (χ2n) is 6.31. The molecule has 1 N–H and O–H groups in total. The highest BCUT2D eigenvalue weighted by Crippen LogP contribution is 2.20. The van der Waals surface area contributed by atoms with Crippen LogP contribution in [0.15, 0.2) is 53.0 Å². The van der Waals surface area contributed by atoms with E-state index < -0.39 is 0 Å². The molecule has 0 atom stereocenters. The summed E-state index contributed by atoms with van der Waals surface area (Å²) in [5, 5.41) is 0. The molecule has 1 aliphatic heterocycles. The molecule has 0 amide bonds. The predicted octanol–water partition coefficient (Wildman–Crippen LogP) is 2.77. The molecular weight excluding hydrogens is 394 g/mol. The van der Waals surface area contributed by atoms with Gasteiger partial charge in [0.15, 0.2) is 5.78 Å². The lowest BCUT2D eigenvalue weighted by molar-refractivity contribution is -0.921. The Labute approximate surface area is 162 Å². The van der Waals surface area contributed by atoms with Crippen LogP contribution in [-0.4, -0.2) is 39.2 Å². The van der Waals surface area contributed by atoms with E-state index in [0.29, 0.717) is 5.56 Å². The van der Waals surface area contributed by atoms with Gasteiger partial charge in [0, 0.05) is 15.6 Å². The van der Waals surface area contributed by atoms with E-state index in [2.05, 4.69) is 15.9 Å². The number of methoxy groups -OCH3 is 1. The minimum atomic E-state index is -0.00574. The smallest absolute Gasteiger partial charge is 0.185 e. The van der Waals surface area contributed by atoms with Crippen molar-refractivity contribution in [2.45, 2.75) is 6.54 Å². The normalized spacial score (nSPS) is 15.3. The van der Waals surface area contributed by atoms with Crippen LogP contribution in [0.2, 0.25) is 0 Å². The molecule has 4 nitrogen and oxygen atoms in total.